The van der Waals surface area contributed by atoms with Crippen LogP contribution >= 0.6 is 0 Å². The summed E-state index contributed by atoms with van der Waals surface area (Å²) in [7, 11) is 0. The smallest absolute Gasteiger partial charge is 0.136 e. The highest BCUT2D eigenvalue weighted by atomic mass is 16.1. The molecular formula is C6H8O. The molecular weight excluding hydrogens is 88.1 g/mol. The van der Waals surface area contributed by atoms with Gasteiger partial charge < -0.3 is 0 Å². The lowest BCUT2D eigenvalue weighted by Gasteiger charge is -1.89. The average Bonchev–Trinajstić information content (AvgIpc) is 2.04. The van der Waals surface area contributed by atoms with E-state index in [2.05, 4.69) is 0 Å². The van der Waals surface area contributed by atoms with Crippen LogP contribution in [0.5, 0.6) is 0 Å². The molecule has 2 fully saturated rings. The average molecular weight is 96.1 g/mol. The second-order valence-electron chi connectivity index (χ2n) is 2.82. The van der Waals surface area contributed by atoms with E-state index in [-0.39, 0.29) is 5.41 Å². The molecule has 0 heterocycles. The highest BCUT2D eigenvalue weighted by Crippen LogP contribution is 2.75. The van der Waals surface area contributed by atoms with Crippen LogP contribution in [0.4, 0.5) is 0 Å². The second kappa shape index (κ2) is 0.662. The molecule has 0 N–H and O–H groups in total. The Morgan fingerprint density at radius 3 is 2.14 bits per heavy atom. The zero-order valence-corrected chi connectivity index (χ0v) is 4.40. The SMILES string of the molecule is CC(=O)C12CC1C2. The Bertz CT molecular complexity index is 131. The number of hydrogen-bond donors (Lipinski definition) is 0. The molecule has 0 aromatic rings. The Hall–Kier alpha value is -0.330. The first kappa shape index (κ1) is 3.65. The van der Waals surface area contributed by atoms with Crippen molar-refractivity contribution in [1.29, 1.82) is 0 Å². The zero-order valence-electron chi connectivity index (χ0n) is 4.40. The number of ketones is 1. The van der Waals surface area contributed by atoms with Crippen molar-refractivity contribution in [2.24, 2.45) is 11.3 Å². The summed E-state index contributed by atoms with van der Waals surface area (Å²) in [5, 5.41) is 0. The third-order valence-electron chi connectivity index (χ3n) is 2.38. The molecule has 0 unspecified atom stereocenters. The van der Waals surface area contributed by atoms with Crippen molar-refractivity contribution in [3.05, 3.63) is 0 Å². The van der Waals surface area contributed by atoms with Crippen molar-refractivity contribution < 1.29 is 4.79 Å². The monoisotopic (exact) mass is 96.1 g/mol. The molecule has 0 radical (unpaired) electrons. The van der Waals surface area contributed by atoms with Crippen LogP contribution < -0.4 is 0 Å². The highest BCUT2D eigenvalue weighted by Gasteiger charge is 2.72. The van der Waals surface area contributed by atoms with Crippen LogP contribution in [0.1, 0.15) is 19.8 Å². The van der Waals surface area contributed by atoms with Gasteiger partial charge in [-0.05, 0) is 25.7 Å². The summed E-state index contributed by atoms with van der Waals surface area (Å²) in [5.41, 5.74) is 0.278. The molecule has 0 aromatic carbocycles. The lowest BCUT2D eigenvalue weighted by molar-refractivity contribution is -0.120. The zero-order chi connectivity index (χ0) is 5.07. The van der Waals surface area contributed by atoms with E-state index in [4.69, 9.17) is 0 Å². The van der Waals surface area contributed by atoms with Crippen LogP contribution in [0.3, 0.4) is 0 Å². The van der Waals surface area contributed by atoms with Gasteiger partial charge in [-0.15, -0.1) is 0 Å². The molecule has 0 amide bonds. The molecule has 0 bridgehead atoms. The summed E-state index contributed by atoms with van der Waals surface area (Å²) in [6.45, 7) is 1.72. The highest BCUT2D eigenvalue weighted by molar-refractivity contribution is 5.89. The van der Waals surface area contributed by atoms with Crippen LogP contribution in [-0.4, -0.2) is 5.78 Å². The third kappa shape index (κ3) is 0.245. The Morgan fingerprint density at radius 2 is 2.14 bits per heavy atom. The summed E-state index contributed by atoms with van der Waals surface area (Å²) < 4.78 is 0. The first-order valence-corrected chi connectivity index (χ1v) is 2.77. The largest absolute Gasteiger partial charge is 0.299 e. The van der Waals surface area contributed by atoms with Gasteiger partial charge in [-0.3, -0.25) is 4.79 Å². The maximum Gasteiger partial charge on any atom is 0.136 e. The van der Waals surface area contributed by atoms with Crippen molar-refractivity contribution in [3.8, 4) is 0 Å². The maximum absolute atomic E-state index is 10.6. The molecule has 7 heavy (non-hydrogen) atoms. The Morgan fingerprint density at radius 1 is 1.71 bits per heavy atom. The van der Waals surface area contributed by atoms with Crippen LogP contribution in [-0.2, 0) is 4.79 Å². The quantitative estimate of drug-likeness (QED) is 0.475. The van der Waals surface area contributed by atoms with Crippen molar-refractivity contribution in [1.82, 2.24) is 0 Å². The third-order valence-corrected chi connectivity index (χ3v) is 2.38. The molecule has 38 valence electrons. The van der Waals surface area contributed by atoms with Crippen LogP contribution in [0.15, 0.2) is 0 Å². The number of hydrogen-bond acceptors (Lipinski definition) is 1. The first-order chi connectivity index (χ1) is 3.26. The minimum absolute atomic E-state index is 0.278. The van der Waals surface area contributed by atoms with Gasteiger partial charge in [-0.2, -0.15) is 0 Å². The molecule has 0 spiro atoms. The number of fused-ring (bicyclic) bond motifs is 1. The fourth-order valence-corrected chi connectivity index (χ4v) is 1.28. The topological polar surface area (TPSA) is 17.1 Å². The molecule has 2 aliphatic carbocycles. The molecule has 0 aliphatic heterocycles. The van der Waals surface area contributed by atoms with Crippen molar-refractivity contribution in [3.63, 3.8) is 0 Å². The van der Waals surface area contributed by atoms with E-state index >= 15 is 0 Å². The van der Waals surface area contributed by atoms with Crippen LogP contribution in [0.2, 0.25) is 0 Å². The number of Topliss-reactive ketones (excluding diaryl/α,β-unsaturated/α-hetero) is 1. The molecule has 1 heteroatoms. The summed E-state index contributed by atoms with van der Waals surface area (Å²) >= 11 is 0. The molecule has 0 aromatic heterocycles. The lowest BCUT2D eigenvalue weighted by atomic mass is 10.1. The van der Waals surface area contributed by atoms with Gasteiger partial charge in [0.2, 0.25) is 0 Å². The van der Waals surface area contributed by atoms with Crippen LogP contribution in [0, 0.1) is 11.3 Å². The van der Waals surface area contributed by atoms with E-state index in [9.17, 15) is 4.79 Å². The Labute approximate surface area is 42.7 Å². The molecule has 2 aliphatic rings. The summed E-state index contributed by atoms with van der Waals surface area (Å²) in [5.74, 6) is 1.27. The number of carbonyl (C=O) groups excluding carboxylic acids is 1. The van der Waals surface area contributed by atoms with Gasteiger partial charge in [-0.1, -0.05) is 0 Å². The van der Waals surface area contributed by atoms with Gasteiger partial charge in [-0.25, -0.2) is 0 Å². The molecule has 2 saturated carbocycles. The normalized spacial score (nSPS) is 53.0. The van der Waals surface area contributed by atoms with Crippen molar-refractivity contribution in [2.75, 3.05) is 0 Å². The van der Waals surface area contributed by atoms with Crippen molar-refractivity contribution in [2.45, 2.75) is 19.8 Å². The van der Waals surface area contributed by atoms with Crippen LogP contribution in [0.25, 0.3) is 0 Å². The number of carbonyl (C=O) groups is 1. The maximum atomic E-state index is 10.6. The van der Waals surface area contributed by atoms with Gasteiger partial charge in [0.1, 0.15) is 5.78 Å². The van der Waals surface area contributed by atoms with Gasteiger partial charge in [0.25, 0.3) is 0 Å². The van der Waals surface area contributed by atoms with E-state index in [1.54, 1.807) is 6.92 Å². The van der Waals surface area contributed by atoms with Gasteiger partial charge in [0.15, 0.2) is 0 Å². The lowest BCUT2D eigenvalue weighted by Crippen LogP contribution is -1.98. The summed E-state index contributed by atoms with van der Waals surface area (Å²) in [4.78, 5) is 10.6. The van der Waals surface area contributed by atoms with Gasteiger partial charge in [0, 0.05) is 5.41 Å². The second-order valence-corrected chi connectivity index (χ2v) is 2.82. The fraction of sp³-hybridized carbons (Fsp3) is 0.833. The van der Waals surface area contributed by atoms with Crippen molar-refractivity contribution >= 4 is 5.78 Å². The standard InChI is InChI=1S/C6H8O/c1-4(7)6-2-5(6)3-6/h5H,2-3H2,1H3. The van der Waals surface area contributed by atoms with E-state index in [1.807, 2.05) is 0 Å². The molecule has 2 rings (SSSR count). The molecule has 0 saturated heterocycles. The predicted molar refractivity (Wildman–Crippen MR) is 25.8 cm³/mol. The van der Waals surface area contributed by atoms with E-state index in [1.165, 1.54) is 12.8 Å². The van der Waals surface area contributed by atoms with E-state index < -0.39 is 0 Å². The minimum Gasteiger partial charge on any atom is -0.299 e. The minimum atomic E-state index is 0.278. The van der Waals surface area contributed by atoms with Gasteiger partial charge >= 0.3 is 0 Å². The van der Waals surface area contributed by atoms with E-state index in [0.29, 0.717) is 5.78 Å². The first-order valence-electron chi connectivity index (χ1n) is 2.77. The van der Waals surface area contributed by atoms with Gasteiger partial charge in [0.05, 0.1) is 0 Å². The Balaban J connectivity index is 2.22. The summed E-state index contributed by atoms with van der Waals surface area (Å²) in [6.07, 6.45) is 2.42. The predicted octanol–water partition coefficient (Wildman–Crippen LogP) is 0.985. The molecule has 1 nitrogen and oxygen atoms in total. The fourth-order valence-electron chi connectivity index (χ4n) is 1.28. The summed E-state index contributed by atoms with van der Waals surface area (Å²) in [6, 6.07) is 0. The number of rotatable bonds is 1. The Kier molecular flexibility index (Phi) is 0.345. The van der Waals surface area contributed by atoms with E-state index in [0.717, 1.165) is 5.92 Å². The molecule has 0 atom stereocenters.